The fourth-order valence-corrected chi connectivity index (χ4v) is 5.90. The molecule has 0 unspecified atom stereocenters. The van der Waals surface area contributed by atoms with Crippen molar-refractivity contribution in [3.63, 3.8) is 0 Å². The molecule has 0 aromatic heterocycles. The molecule has 1 N–H and O–H groups in total. The first-order chi connectivity index (χ1) is 15.6. The highest BCUT2D eigenvalue weighted by Crippen LogP contribution is 2.32. The molecular formula is C22H29N3O6S2. The number of hydrogen-bond acceptors (Lipinski definition) is 6. The minimum absolute atomic E-state index is 0.0354. The van der Waals surface area contributed by atoms with Crippen LogP contribution in [0, 0.1) is 0 Å². The van der Waals surface area contributed by atoms with Crippen LogP contribution < -0.4 is 10.1 Å². The van der Waals surface area contributed by atoms with Crippen molar-refractivity contribution in [2.75, 3.05) is 38.8 Å². The van der Waals surface area contributed by atoms with Gasteiger partial charge >= 0.3 is 0 Å². The lowest BCUT2D eigenvalue weighted by Gasteiger charge is -2.27. The maximum atomic E-state index is 13.3. The maximum absolute atomic E-state index is 13.3. The van der Waals surface area contributed by atoms with E-state index in [2.05, 4.69) is 5.32 Å². The average Bonchev–Trinajstić information content (AvgIpc) is 2.79. The molecule has 3 rings (SSSR count). The Morgan fingerprint density at radius 2 is 1.67 bits per heavy atom. The van der Waals surface area contributed by atoms with Crippen LogP contribution in [0.15, 0.2) is 53.4 Å². The van der Waals surface area contributed by atoms with Crippen molar-refractivity contribution in [2.45, 2.75) is 30.2 Å². The lowest BCUT2D eigenvalue weighted by Crippen LogP contribution is -2.38. The lowest BCUT2D eigenvalue weighted by atomic mass is 10.1. The van der Waals surface area contributed by atoms with Gasteiger partial charge in [-0.05, 0) is 36.6 Å². The number of hydrogen-bond donors (Lipinski definition) is 1. The van der Waals surface area contributed by atoms with Gasteiger partial charge in [-0.1, -0.05) is 36.8 Å². The van der Waals surface area contributed by atoms with Gasteiger partial charge in [-0.25, -0.2) is 16.8 Å². The molecule has 11 heteroatoms. The summed E-state index contributed by atoms with van der Waals surface area (Å²) in [6, 6.07) is 11.6. The predicted molar refractivity (Wildman–Crippen MR) is 126 cm³/mol. The van der Waals surface area contributed by atoms with Crippen molar-refractivity contribution in [3.05, 3.63) is 54.1 Å². The van der Waals surface area contributed by atoms with Gasteiger partial charge in [0.05, 0.1) is 23.9 Å². The summed E-state index contributed by atoms with van der Waals surface area (Å²) in [7, 11) is -4.72. The van der Waals surface area contributed by atoms with Crippen molar-refractivity contribution >= 4 is 31.6 Å². The number of likely N-dealkylation sites (N-methyl/N-ethyl adjacent to an activating group) is 1. The number of rotatable bonds is 8. The third kappa shape index (κ3) is 5.72. The van der Waals surface area contributed by atoms with Crippen LogP contribution in [0.1, 0.15) is 30.9 Å². The fourth-order valence-electron chi connectivity index (χ4n) is 3.75. The van der Waals surface area contributed by atoms with Gasteiger partial charge in [-0.3, -0.25) is 4.79 Å². The van der Waals surface area contributed by atoms with Crippen LogP contribution in [-0.2, 0) is 24.8 Å². The number of sulfonamides is 2. The van der Waals surface area contributed by atoms with E-state index in [1.807, 2.05) is 0 Å². The second kappa shape index (κ2) is 10.2. The molecule has 0 bridgehead atoms. The van der Waals surface area contributed by atoms with Gasteiger partial charge in [0.15, 0.2) is 0 Å². The summed E-state index contributed by atoms with van der Waals surface area (Å²) in [4.78, 5) is 13.3. The van der Waals surface area contributed by atoms with E-state index in [0.29, 0.717) is 18.7 Å². The highest BCUT2D eigenvalue weighted by atomic mass is 32.2. The van der Waals surface area contributed by atoms with Gasteiger partial charge < -0.3 is 10.1 Å². The fraction of sp³-hybridized carbons (Fsp3) is 0.409. The van der Waals surface area contributed by atoms with Crippen LogP contribution >= 0.6 is 0 Å². The Morgan fingerprint density at radius 3 is 2.24 bits per heavy atom. The normalized spacial score (nSPS) is 16.4. The van der Waals surface area contributed by atoms with E-state index in [-0.39, 0.29) is 16.3 Å². The molecule has 1 atom stereocenters. The molecule has 0 aliphatic carbocycles. The molecule has 1 amide bonds. The molecule has 2 aromatic rings. The van der Waals surface area contributed by atoms with Gasteiger partial charge in [0.1, 0.15) is 11.8 Å². The number of carbonyl (C=O) groups excluding carboxylic acids is 1. The van der Waals surface area contributed by atoms with E-state index < -0.39 is 32.0 Å². The number of piperidine rings is 1. The monoisotopic (exact) mass is 495 g/mol. The van der Waals surface area contributed by atoms with Crippen molar-refractivity contribution in [3.8, 4) is 5.75 Å². The molecule has 180 valence electrons. The van der Waals surface area contributed by atoms with Crippen molar-refractivity contribution < 1.29 is 26.4 Å². The summed E-state index contributed by atoms with van der Waals surface area (Å²) in [5, 5.41) is 2.68. The van der Waals surface area contributed by atoms with Gasteiger partial charge in [0.25, 0.3) is 0 Å². The second-order valence-electron chi connectivity index (χ2n) is 7.91. The van der Waals surface area contributed by atoms with Crippen LogP contribution in [0.2, 0.25) is 0 Å². The van der Waals surface area contributed by atoms with Crippen LogP contribution in [0.25, 0.3) is 0 Å². The summed E-state index contributed by atoms with van der Waals surface area (Å²) >= 11 is 0. The summed E-state index contributed by atoms with van der Waals surface area (Å²) in [6.07, 6.45) is 3.61. The maximum Gasteiger partial charge on any atom is 0.247 e. The van der Waals surface area contributed by atoms with Crippen molar-refractivity contribution in [1.82, 2.24) is 8.61 Å². The van der Waals surface area contributed by atoms with E-state index >= 15 is 0 Å². The molecule has 1 aliphatic rings. The number of benzene rings is 2. The number of ether oxygens (including phenoxy) is 1. The molecular weight excluding hydrogens is 466 g/mol. The number of nitrogens with one attached hydrogen (secondary N) is 1. The minimum atomic E-state index is -3.74. The summed E-state index contributed by atoms with van der Waals surface area (Å²) in [5.41, 5.74) is 0.613. The summed E-state index contributed by atoms with van der Waals surface area (Å²) < 4.78 is 58.4. The molecule has 33 heavy (non-hydrogen) atoms. The minimum Gasteiger partial charge on any atom is -0.495 e. The van der Waals surface area contributed by atoms with E-state index in [1.165, 1.54) is 36.7 Å². The van der Waals surface area contributed by atoms with Crippen LogP contribution in [0.4, 0.5) is 5.69 Å². The zero-order valence-electron chi connectivity index (χ0n) is 18.9. The number of methoxy groups -OCH3 is 1. The largest absolute Gasteiger partial charge is 0.495 e. The first-order valence-electron chi connectivity index (χ1n) is 10.5. The van der Waals surface area contributed by atoms with E-state index in [1.54, 1.807) is 30.3 Å². The molecule has 9 nitrogen and oxygen atoms in total. The zero-order chi connectivity index (χ0) is 24.2. The Bertz CT molecular complexity index is 1190. The molecule has 1 fully saturated rings. The number of nitrogens with zero attached hydrogens (tertiary/aromatic N) is 2. The summed E-state index contributed by atoms with van der Waals surface area (Å²) in [6.45, 7) is 0.899. The van der Waals surface area contributed by atoms with Crippen LogP contribution in [-0.4, -0.2) is 64.9 Å². The third-order valence-electron chi connectivity index (χ3n) is 5.63. The standard InChI is InChI=1S/C22H29N3O6S2/c1-24(32(3,27)28)21(17-10-6-4-7-11-17)22(26)23-19-16-18(12-13-20(19)31-2)33(29,30)25-14-8-5-9-15-25/h4,6-7,10-13,16,21H,5,8-9,14-15H2,1-3H3,(H,23,26)/t21-/m1/s1. The van der Waals surface area contributed by atoms with E-state index in [4.69, 9.17) is 4.74 Å². The molecule has 0 radical (unpaired) electrons. The van der Waals surface area contributed by atoms with Gasteiger partial charge in [-0.2, -0.15) is 8.61 Å². The molecule has 1 heterocycles. The number of anilines is 1. The first kappa shape index (κ1) is 25.2. The highest BCUT2D eigenvalue weighted by Gasteiger charge is 2.32. The van der Waals surface area contributed by atoms with Crippen LogP contribution in [0.3, 0.4) is 0 Å². The zero-order valence-corrected chi connectivity index (χ0v) is 20.5. The Kier molecular flexibility index (Phi) is 7.78. The molecule has 0 spiro atoms. The van der Waals surface area contributed by atoms with Crippen molar-refractivity contribution in [2.24, 2.45) is 0 Å². The number of amides is 1. The molecule has 2 aromatic carbocycles. The van der Waals surface area contributed by atoms with Crippen LogP contribution in [0.5, 0.6) is 5.75 Å². The quantitative estimate of drug-likeness (QED) is 0.602. The predicted octanol–water partition coefficient (Wildman–Crippen LogP) is 2.44. The summed E-state index contributed by atoms with van der Waals surface area (Å²) in [5.74, 6) is -0.380. The van der Waals surface area contributed by atoms with E-state index in [9.17, 15) is 21.6 Å². The smallest absolute Gasteiger partial charge is 0.247 e. The Hall–Kier alpha value is -2.47. The number of carbonyl (C=O) groups is 1. The van der Waals surface area contributed by atoms with Gasteiger partial charge in [0.2, 0.25) is 26.0 Å². The van der Waals surface area contributed by atoms with E-state index in [0.717, 1.165) is 29.8 Å². The SMILES string of the molecule is COc1ccc(S(=O)(=O)N2CCCCC2)cc1NC(=O)[C@@H](c1ccccc1)N(C)S(C)(=O)=O. The average molecular weight is 496 g/mol. The Balaban J connectivity index is 1.97. The van der Waals surface area contributed by atoms with Gasteiger partial charge in [-0.15, -0.1) is 0 Å². The molecule has 0 saturated carbocycles. The van der Waals surface area contributed by atoms with Crippen molar-refractivity contribution in [1.29, 1.82) is 0 Å². The van der Waals surface area contributed by atoms with Gasteiger partial charge in [0, 0.05) is 20.1 Å². The highest BCUT2D eigenvalue weighted by molar-refractivity contribution is 7.89. The Labute approximate surface area is 195 Å². The third-order valence-corrected chi connectivity index (χ3v) is 8.78. The second-order valence-corrected chi connectivity index (χ2v) is 11.9. The topological polar surface area (TPSA) is 113 Å². The first-order valence-corrected chi connectivity index (χ1v) is 13.8. The lowest BCUT2D eigenvalue weighted by molar-refractivity contribution is -0.119. The molecule has 1 saturated heterocycles. The molecule has 1 aliphatic heterocycles. The Morgan fingerprint density at radius 1 is 1.03 bits per heavy atom.